The molecule has 0 spiro atoms. The van der Waals surface area contributed by atoms with Crippen molar-refractivity contribution < 1.29 is 0 Å². The predicted octanol–water partition coefficient (Wildman–Crippen LogP) is 6.76. The highest BCUT2D eigenvalue weighted by Crippen LogP contribution is 2.15. The monoisotopic (exact) mass is 275 g/mol. The van der Waals surface area contributed by atoms with E-state index >= 15 is 0 Å². The number of aryl methyl sites for hydroxylation is 1. The standard InChI is InChI=1S/C11H11N.2C3H8.C2H6/c1-8(2)10-4-5-11(7-12)9(3)6-10;2*1-3-2;1-2/h4-6H,1H2,2-3H3;2*3H2,1-2H3;1-2H3. The van der Waals surface area contributed by atoms with E-state index in [1.165, 1.54) is 12.8 Å². The summed E-state index contributed by atoms with van der Waals surface area (Å²) in [7, 11) is 0. The molecule has 20 heavy (non-hydrogen) atoms. The Kier molecular flexibility index (Phi) is 20.5. The number of hydrogen-bond acceptors (Lipinski definition) is 1. The Morgan fingerprint density at radius 2 is 1.50 bits per heavy atom. The molecule has 0 aliphatic carbocycles. The van der Waals surface area contributed by atoms with Crippen LogP contribution in [0.25, 0.3) is 5.57 Å². The van der Waals surface area contributed by atoms with E-state index in [1.807, 2.05) is 45.9 Å². The van der Waals surface area contributed by atoms with E-state index in [1.54, 1.807) is 0 Å². The van der Waals surface area contributed by atoms with Crippen LogP contribution in [0.3, 0.4) is 0 Å². The zero-order valence-corrected chi connectivity index (χ0v) is 14.8. The Morgan fingerprint density at radius 3 is 1.75 bits per heavy atom. The second-order valence-electron chi connectivity index (χ2n) is 4.34. The summed E-state index contributed by atoms with van der Waals surface area (Å²) in [6.45, 7) is 20.2. The molecule has 0 saturated carbocycles. The van der Waals surface area contributed by atoms with Crippen molar-refractivity contribution in [2.24, 2.45) is 0 Å². The van der Waals surface area contributed by atoms with Gasteiger partial charge in [0.15, 0.2) is 0 Å². The lowest BCUT2D eigenvalue weighted by atomic mass is 10.0. The Balaban J connectivity index is -0.000000304. The molecule has 0 unspecified atom stereocenters. The SMILES string of the molecule is C=C(C)c1ccc(C#N)c(C)c1.CC.CCC.CCC. The Morgan fingerprint density at radius 1 is 1.10 bits per heavy atom. The van der Waals surface area contributed by atoms with E-state index in [9.17, 15) is 0 Å². The van der Waals surface area contributed by atoms with E-state index in [-0.39, 0.29) is 0 Å². The van der Waals surface area contributed by atoms with Gasteiger partial charge in [-0.25, -0.2) is 0 Å². The maximum absolute atomic E-state index is 8.68. The van der Waals surface area contributed by atoms with Crippen LogP contribution in [-0.4, -0.2) is 0 Å². The highest BCUT2D eigenvalue weighted by molar-refractivity contribution is 5.63. The number of benzene rings is 1. The second kappa shape index (κ2) is 17.4. The van der Waals surface area contributed by atoms with Crippen molar-refractivity contribution in [2.45, 2.75) is 68.2 Å². The largest absolute Gasteiger partial charge is 0.192 e. The number of nitrogens with zero attached hydrogens (tertiary/aromatic N) is 1. The van der Waals surface area contributed by atoms with Gasteiger partial charge in [-0.2, -0.15) is 5.26 Å². The molecule has 0 saturated heterocycles. The van der Waals surface area contributed by atoms with Crippen LogP contribution in [-0.2, 0) is 0 Å². The number of hydrogen-bond donors (Lipinski definition) is 0. The summed E-state index contributed by atoms with van der Waals surface area (Å²) in [6.07, 6.45) is 2.50. The van der Waals surface area contributed by atoms with Gasteiger partial charge in [-0.15, -0.1) is 0 Å². The maximum atomic E-state index is 8.68. The van der Waals surface area contributed by atoms with Crippen molar-refractivity contribution >= 4 is 5.57 Å². The van der Waals surface area contributed by atoms with Crippen molar-refractivity contribution in [2.75, 3.05) is 0 Å². The minimum Gasteiger partial charge on any atom is -0.192 e. The first kappa shape index (κ1) is 23.5. The van der Waals surface area contributed by atoms with Crippen LogP contribution >= 0.6 is 0 Å². The summed E-state index contributed by atoms with van der Waals surface area (Å²) in [5.74, 6) is 0. The third-order valence-corrected chi connectivity index (χ3v) is 1.84. The zero-order chi connectivity index (χ0) is 16.6. The molecule has 0 fully saturated rings. The van der Waals surface area contributed by atoms with E-state index in [0.717, 1.165) is 22.3 Å². The van der Waals surface area contributed by atoms with Gasteiger partial charge in [0, 0.05) is 0 Å². The fourth-order valence-corrected chi connectivity index (χ4v) is 1.05. The average Bonchev–Trinajstić information content (AvgIpc) is 2.42. The first-order chi connectivity index (χ1) is 9.48. The van der Waals surface area contributed by atoms with Crippen molar-refractivity contribution in [3.05, 3.63) is 41.5 Å². The molecule has 1 nitrogen and oxygen atoms in total. The fraction of sp³-hybridized carbons (Fsp3) is 0.526. The smallest absolute Gasteiger partial charge is 0.0994 e. The van der Waals surface area contributed by atoms with E-state index in [2.05, 4.69) is 40.3 Å². The van der Waals surface area contributed by atoms with Crippen LogP contribution in [0, 0.1) is 18.3 Å². The summed E-state index contributed by atoms with van der Waals surface area (Å²) in [5.41, 5.74) is 3.88. The average molecular weight is 275 g/mol. The quantitative estimate of drug-likeness (QED) is 0.555. The second-order valence-corrected chi connectivity index (χ2v) is 4.34. The molecule has 0 heterocycles. The van der Waals surface area contributed by atoms with E-state index < -0.39 is 0 Å². The van der Waals surface area contributed by atoms with E-state index in [4.69, 9.17) is 5.26 Å². The van der Waals surface area contributed by atoms with Crippen LogP contribution in [0.4, 0.5) is 0 Å². The molecule has 1 aromatic rings. The molecule has 0 aliphatic heterocycles. The van der Waals surface area contributed by atoms with Crippen molar-refractivity contribution in [3.63, 3.8) is 0 Å². The molecule has 0 amide bonds. The molecular weight excluding hydrogens is 242 g/mol. The van der Waals surface area contributed by atoms with Gasteiger partial charge in [0.05, 0.1) is 11.6 Å². The van der Waals surface area contributed by atoms with Crippen molar-refractivity contribution in [1.82, 2.24) is 0 Å². The lowest BCUT2D eigenvalue weighted by molar-refractivity contribution is 1.09. The molecule has 0 atom stereocenters. The van der Waals surface area contributed by atoms with Gasteiger partial charge in [-0.05, 0) is 31.0 Å². The third kappa shape index (κ3) is 12.9. The number of nitriles is 1. The number of rotatable bonds is 1. The number of allylic oxidation sites excluding steroid dienone is 1. The molecular formula is C19H33N. The third-order valence-electron chi connectivity index (χ3n) is 1.84. The lowest BCUT2D eigenvalue weighted by Crippen LogP contribution is -1.84. The van der Waals surface area contributed by atoms with Crippen molar-refractivity contribution in [1.29, 1.82) is 5.26 Å². The molecule has 0 N–H and O–H groups in total. The Hall–Kier alpha value is -1.55. The van der Waals surface area contributed by atoms with Gasteiger partial charge in [-0.3, -0.25) is 0 Å². The highest BCUT2D eigenvalue weighted by atomic mass is 14.2. The fourth-order valence-electron chi connectivity index (χ4n) is 1.05. The maximum Gasteiger partial charge on any atom is 0.0994 e. The Bertz CT molecular complexity index is 381. The van der Waals surface area contributed by atoms with Gasteiger partial charge in [0.25, 0.3) is 0 Å². The van der Waals surface area contributed by atoms with Gasteiger partial charge in [-0.1, -0.05) is 78.7 Å². The van der Waals surface area contributed by atoms with Gasteiger partial charge < -0.3 is 0 Å². The van der Waals surface area contributed by atoms with Gasteiger partial charge >= 0.3 is 0 Å². The van der Waals surface area contributed by atoms with Crippen LogP contribution < -0.4 is 0 Å². The van der Waals surface area contributed by atoms with E-state index in [0.29, 0.717) is 0 Å². The molecule has 1 rings (SSSR count). The van der Waals surface area contributed by atoms with Crippen molar-refractivity contribution in [3.8, 4) is 6.07 Å². The topological polar surface area (TPSA) is 23.8 Å². The lowest BCUT2D eigenvalue weighted by Gasteiger charge is -2.01. The van der Waals surface area contributed by atoms with Gasteiger partial charge in [0.1, 0.15) is 0 Å². The van der Waals surface area contributed by atoms with Crippen LogP contribution in [0.5, 0.6) is 0 Å². The summed E-state index contributed by atoms with van der Waals surface area (Å²) < 4.78 is 0. The molecule has 114 valence electrons. The van der Waals surface area contributed by atoms with Crippen LogP contribution in [0.15, 0.2) is 24.8 Å². The molecule has 0 aliphatic rings. The normalized spacial score (nSPS) is 7.55. The first-order valence-corrected chi connectivity index (χ1v) is 7.64. The Labute approximate surface area is 127 Å². The zero-order valence-electron chi connectivity index (χ0n) is 14.8. The highest BCUT2D eigenvalue weighted by Gasteiger charge is 1.98. The summed E-state index contributed by atoms with van der Waals surface area (Å²) >= 11 is 0. The molecule has 1 aromatic carbocycles. The minimum absolute atomic E-state index is 0.736. The molecule has 0 aromatic heterocycles. The summed E-state index contributed by atoms with van der Waals surface area (Å²) in [5, 5.41) is 8.68. The summed E-state index contributed by atoms with van der Waals surface area (Å²) in [6, 6.07) is 7.88. The van der Waals surface area contributed by atoms with Crippen LogP contribution in [0.1, 0.15) is 78.0 Å². The molecule has 0 bridgehead atoms. The predicted molar refractivity (Wildman–Crippen MR) is 93.9 cm³/mol. The minimum atomic E-state index is 0.736. The van der Waals surface area contributed by atoms with Gasteiger partial charge in [0.2, 0.25) is 0 Å². The van der Waals surface area contributed by atoms with Crippen LogP contribution in [0.2, 0.25) is 0 Å². The molecule has 1 heteroatoms. The summed E-state index contributed by atoms with van der Waals surface area (Å²) in [4.78, 5) is 0. The molecule has 0 radical (unpaired) electrons. The first-order valence-electron chi connectivity index (χ1n) is 7.64.